The van der Waals surface area contributed by atoms with Crippen molar-refractivity contribution in [2.24, 2.45) is 7.05 Å². The highest BCUT2D eigenvalue weighted by atomic mass is 16.2. The van der Waals surface area contributed by atoms with E-state index in [4.69, 9.17) is 0 Å². The van der Waals surface area contributed by atoms with E-state index in [9.17, 15) is 14.4 Å². The average molecular weight is 484 g/mol. The molecule has 3 heterocycles. The molecule has 35 heavy (non-hydrogen) atoms. The first kappa shape index (κ1) is 25.6. The van der Waals surface area contributed by atoms with Crippen LogP contribution in [-0.2, 0) is 23.2 Å². The van der Waals surface area contributed by atoms with Crippen LogP contribution in [0.5, 0.6) is 0 Å². The van der Waals surface area contributed by atoms with E-state index in [1.54, 1.807) is 16.2 Å². The molecule has 2 aromatic rings. The monoisotopic (exact) mass is 483 g/mol. The summed E-state index contributed by atoms with van der Waals surface area (Å²) in [4.78, 5) is 42.1. The summed E-state index contributed by atoms with van der Waals surface area (Å²) in [5.41, 5.74) is 2.49. The third kappa shape index (κ3) is 6.22. The number of unbranched alkanes of at least 4 members (excludes halogenated alkanes) is 4. The number of piperidine rings is 2. The third-order valence-corrected chi connectivity index (χ3v) is 7.61. The molecule has 1 aromatic carbocycles. The van der Waals surface area contributed by atoms with Gasteiger partial charge in [-0.3, -0.25) is 24.0 Å². The fraction of sp³-hybridized carbons (Fsp3) is 0.667. The number of nitrogens with one attached hydrogen (secondary N) is 1. The van der Waals surface area contributed by atoms with Crippen molar-refractivity contribution < 1.29 is 9.59 Å². The smallest absolute Gasteiger partial charge is 0.303 e. The summed E-state index contributed by atoms with van der Waals surface area (Å²) in [5.74, 6) is -0.668. The zero-order valence-corrected chi connectivity index (χ0v) is 21.4. The first-order valence-corrected chi connectivity index (χ1v) is 13.4. The summed E-state index contributed by atoms with van der Waals surface area (Å²) in [6, 6.07) is 5.27. The molecule has 0 saturated carbocycles. The quantitative estimate of drug-likeness (QED) is 0.392. The lowest BCUT2D eigenvalue weighted by Crippen LogP contribution is -2.44. The van der Waals surface area contributed by atoms with Crippen LogP contribution in [0.2, 0.25) is 0 Å². The molecule has 192 valence electrons. The average Bonchev–Trinajstić information content (AvgIpc) is 3.10. The van der Waals surface area contributed by atoms with Gasteiger partial charge in [-0.05, 0) is 77.0 Å². The molecule has 1 N–H and O–H groups in total. The van der Waals surface area contributed by atoms with Gasteiger partial charge in [-0.2, -0.15) is 0 Å². The Morgan fingerprint density at radius 3 is 2.51 bits per heavy atom. The number of carbonyl (C=O) groups excluding carboxylic acids is 2. The Labute approximate surface area is 208 Å². The van der Waals surface area contributed by atoms with Crippen molar-refractivity contribution in [1.29, 1.82) is 0 Å². The summed E-state index contributed by atoms with van der Waals surface area (Å²) < 4.78 is 3.20. The number of carbonyl (C=O) groups is 2. The summed E-state index contributed by atoms with van der Waals surface area (Å²) in [5, 5.41) is 2.38. The largest absolute Gasteiger partial charge is 0.329 e. The second-order valence-corrected chi connectivity index (χ2v) is 10.4. The van der Waals surface area contributed by atoms with Crippen LogP contribution in [0.15, 0.2) is 23.0 Å². The van der Waals surface area contributed by atoms with E-state index < -0.39 is 11.9 Å². The third-order valence-electron chi connectivity index (χ3n) is 7.61. The number of fused-ring (bicyclic) bond motifs is 1. The van der Waals surface area contributed by atoms with Crippen molar-refractivity contribution in [1.82, 2.24) is 24.3 Å². The molecule has 1 atom stereocenters. The lowest BCUT2D eigenvalue weighted by atomic mass is 10.1. The number of nitrogens with zero attached hydrogens (tertiary/aromatic N) is 4. The van der Waals surface area contributed by atoms with Crippen molar-refractivity contribution >= 4 is 22.8 Å². The first-order chi connectivity index (χ1) is 17.0. The van der Waals surface area contributed by atoms with Crippen molar-refractivity contribution in [2.45, 2.75) is 76.8 Å². The Morgan fingerprint density at radius 1 is 1.00 bits per heavy atom. The van der Waals surface area contributed by atoms with Gasteiger partial charge in [-0.1, -0.05) is 37.8 Å². The second-order valence-electron chi connectivity index (χ2n) is 10.4. The van der Waals surface area contributed by atoms with E-state index in [2.05, 4.69) is 28.2 Å². The molecule has 2 aliphatic heterocycles. The van der Waals surface area contributed by atoms with Crippen molar-refractivity contribution in [3.63, 3.8) is 0 Å². The highest BCUT2D eigenvalue weighted by molar-refractivity contribution is 6.00. The molecule has 0 bridgehead atoms. The van der Waals surface area contributed by atoms with Crippen molar-refractivity contribution in [3.8, 4) is 0 Å². The molecule has 4 rings (SSSR count). The van der Waals surface area contributed by atoms with E-state index in [0.29, 0.717) is 6.42 Å². The van der Waals surface area contributed by atoms with Gasteiger partial charge in [0.05, 0.1) is 11.0 Å². The van der Waals surface area contributed by atoms with Crippen LogP contribution in [0.4, 0.5) is 0 Å². The second kappa shape index (κ2) is 12.0. The van der Waals surface area contributed by atoms with Gasteiger partial charge in [0.15, 0.2) is 0 Å². The maximum Gasteiger partial charge on any atom is 0.329 e. The molecule has 0 spiro atoms. The first-order valence-electron chi connectivity index (χ1n) is 13.4. The van der Waals surface area contributed by atoms with Crippen molar-refractivity contribution in [2.75, 3.05) is 33.2 Å². The Kier molecular flexibility index (Phi) is 8.78. The molecule has 0 aliphatic carbocycles. The lowest BCUT2D eigenvalue weighted by Gasteiger charge is -2.26. The molecule has 2 aliphatic rings. The molecule has 2 saturated heterocycles. The van der Waals surface area contributed by atoms with Gasteiger partial charge in [0.25, 0.3) is 0 Å². The Hall–Kier alpha value is -2.45. The summed E-state index contributed by atoms with van der Waals surface area (Å²) in [6.07, 6.45) is 11.1. The summed E-state index contributed by atoms with van der Waals surface area (Å²) in [6.45, 7) is 5.62. The molecule has 8 nitrogen and oxygen atoms in total. The van der Waals surface area contributed by atoms with Crippen LogP contribution in [0, 0.1) is 0 Å². The topological polar surface area (TPSA) is 79.6 Å². The van der Waals surface area contributed by atoms with Crippen LogP contribution in [0.1, 0.15) is 75.8 Å². The molecule has 2 amide bonds. The highest BCUT2D eigenvalue weighted by Crippen LogP contribution is 2.25. The predicted octanol–water partition coefficient (Wildman–Crippen LogP) is 3.19. The molecular formula is C27H41N5O3. The zero-order chi connectivity index (χ0) is 24.8. The predicted molar refractivity (Wildman–Crippen MR) is 138 cm³/mol. The fourth-order valence-electron chi connectivity index (χ4n) is 5.68. The van der Waals surface area contributed by atoms with E-state index in [1.165, 1.54) is 71.0 Å². The zero-order valence-electron chi connectivity index (χ0n) is 21.4. The molecule has 8 heteroatoms. The van der Waals surface area contributed by atoms with E-state index in [0.717, 1.165) is 29.7 Å². The van der Waals surface area contributed by atoms with Gasteiger partial charge in [-0.15, -0.1) is 0 Å². The molecule has 2 fully saturated rings. The standard InChI is InChI=1S/C27H41N5O3/c1-29(16-7-4-3-5-8-17-31-18-9-6-10-19-31)20-21-12-11-13-22-25(21)30(2)27(35)32(22)23-14-15-24(33)28-26(23)34/h11-13,23H,3-10,14-20H2,1-2H3,(H,28,33,34). The number of aryl methyl sites for hydroxylation is 1. The Morgan fingerprint density at radius 2 is 1.74 bits per heavy atom. The van der Waals surface area contributed by atoms with E-state index >= 15 is 0 Å². The number of benzene rings is 1. The van der Waals surface area contributed by atoms with E-state index in [-0.39, 0.29) is 18.0 Å². The molecular weight excluding hydrogens is 442 g/mol. The van der Waals surface area contributed by atoms with Gasteiger partial charge in [0.2, 0.25) is 11.8 Å². The number of imide groups is 1. The lowest BCUT2D eigenvalue weighted by molar-refractivity contribution is -0.135. The minimum atomic E-state index is -0.646. The van der Waals surface area contributed by atoms with Crippen LogP contribution < -0.4 is 11.0 Å². The summed E-state index contributed by atoms with van der Waals surface area (Å²) >= 11 is 0. The fourth-order valence-corrected chi connectivity index (χ4v) is 5.68. The molecule has 0 radical (unpaired) electrons. The SMILES string of the molecule is CN(CCCCCCCN1CCCCC1)Cc1cccc2c1n(C)c(=O)n2C1CCC(=O)NC1=O. The molecule has 1 aromatic heterocycles. The number of rotatable bonds is 11. The van der Waals surface area contributed by atoms with Gasteiger partial charge in [0.1, 0.15) is 6.04 Å². The number of para-hydroxylation sites is 1. The van der Waals surface area contributed by atoms with Gasteiger partial charge < -0.3 is 9.80 Å². The van der Waals surface area contributed by atoms with Crippen molar-refractivity contribution in [3.05, 3.63) is 34.2 Å². The number of likely N-dealkylation sites (tertiary alicyclic amines) is 1. The van der Waals surface area contributed by atoms with Crippen LogP contribution >= 0.6 is 0 Å². The minimum absolute atomic E-state index is 0.214. The highest BCUT2D eigenvalue weighted by Gasteiger charge is 2.31. The molecule has 1 unspecified atom stereocenters. The van der Waals surface area contributed by atoms with Crippen LogP contribution in [0.25, 0.3) is 11.0 Å². The minimum Gasteiger partial charge on any atom is -0.303 e. The number of aromatic nitrogens is 2. The van der Waals surface area contributed by atoms with E-state index in [1.807, 2.05) is 12.1 Å². The maximum atomic E-state index is 13.1. The van der Waals surface area contributed by atoms with Gasteiger partial charge in [-0.25, -0.2) is 4.79 Å². The van der Waals surface area contributed by atoms with Gasteiger partial charge >= 0.3 is 5.69 Å². The Bertz CT molecular complexity index is 1080. The number of hydrogen-bond donors (Lipinski definition) is 1. The Balaban J connectivity index is 1.30. The van der Waals surface area contributed by atoms with Gasteiger partial charge in [0, 0.05) is 20.0 Å². The number of imidazole rings is 1. The van der Waals surface area contributed by atoms with Crippen LogP contribution in [-0.4, -0.2) is 64.0 Å². The number of amides is 2. The summed E-state index contributed by atoms with van der Waals surface area (Å²) in [7, 11) is 3.89. The number of hydrogen-bond acceptors (Lipinski definition) is 5. The maximum absolute atomic E-state index is 13.1. The van der Waals surface area contributed by atoms with Crippen LogP contribution in [0.3, 0.4) is 0 Å². The normalized spacial score (nSPS) is 19.6.